The van der Waals surface area contributed by atoms with Crippen LogP contribution in [0.15, 0.2) is 67.0 Å². The van der Waals surface area contributed by atoms with E-state index in [-0.39, 0.29) is 12.2 Å². The lowest BCUT2D eigenvalue weighted by atomic mass is 10.0. The Morgan fingerprint density at radius 1 is 1.06 bits per heavy atom. The molecular formula is C25H23N5O2. The van der Waals surface area contributed by atoms with Crippen LogP contribution in [-0.2, 0) is 19.4 Å². The molecule has 0 unspecified atom stereocenters. The number of nitrogens with zero attached hydrogens (tertiary/aromatic N) is 5. The number of ketones is 1. The number of fused-ring (bicyclic) bond motifs is 2. The summed E-state index contributed by atoms with van der Waals surface area (Å²) in [6, 6.07) is 17.5. The van der Waals surface area contributed by atoms with Gasteiger partial charge in [-0.2, -0.15) is 5.10 Å². The normalized spacial score (nSPS) is 11.3. The fourth-order valence-corrected chi connectivity index (χ4v) is 4.11. The van der Waals surface area contributed by atoms with E-state index in [1.807, 2.05) is 69.9 Å². The Kier molecular flexibility index (Phi) is 5.15. The molecule has 0 aliphatic rings. The van der Waals surface area contributed by atoms with Crippen LogP contribution in [0.3, 0.4) is 0 Å². The minimum absolute atomic E-state index is 0.0282. The first-order valence-corrected chi connectivity index (χ1v) is 10.6. The van der Waals surface area contributed by atoms with E-state index in [4.69, 9.17) is 9.84 Å². The molecule has 7 nitrogen and oxygen atoms in total. The predicted octanol–water partition coefficient (Wildman–Crippen LogP) is 4.12. The number of hydrogen-bond acceptors (Lipinski definition) is 5. The van der Waals surface area contributed by atoms with E-state index in [0.717, 1.165) is 39.9 Å². The van der Waals surface area contributed by atoms with Gasteiger partial charge in [0.05, 0.1) is 36.8 Å². The van der Waals surface area contributed by atoms with Crippen molar-refractivity contribution in [2.75, 3.05) is 7.11 Å². The van der Waals surface area contributed by atoms with Gasteiger partial charge in [0.2, 0.25) is 5.88 Å². The average Bonchev–Trinajstić information content (AvgIpc) is 3.41. The second-order valence-corrected chi connectivity index (χ2v) is 7.61. The topological polar surface area (TPSA) is 74.3 Å². The second-order valence-electron chi connectivity index (χ2n) is 7.61. The molecule has 32 heavy (non-hydrogen) atoms. The van der Waals surface area contributed by atoms with Crippen LogP contribution in [0.4, 0.5) is 0 Å². The Morgan fingerprint density at radius 2 is 1.94 bits per heavy atom. The number of aryl methyl sites for hydroxylation is 1. The summed E-state index contributed by atoms with van der Waals surface area (Å²) in [5.41, 5.74) is 5.16. The number of carbonyl (C=O) groups is 1. The quantitative estimate of drug-likeness (QED) is 0.367. The van der Waals surface area contributed by atoms with E-state index in [1.54, 1.807) is 13.3 Å². The van der Waals surface area contributed by atoms with Gasteiger partial charge in [0.1, 0.15) is 11.3 Å². The van der Waals surface area contributed by atoms with Crippen molar-refractivity contribution in [3.8, 4) is 5.88 Å². The maximum atomic E-state index is 13.2. The smallest absolute Gasteiger partial charge is 0.213 e. The Morgan fingerprint density at radius 3 is 2.78 bits per heavy atom. The van der Waals surface area contributed by atoms with Crippen LogP contribution in [-0.4, -0.2) is 37.0 Å². The Balaban J connectivity index is 1.52. The van der Waals surface area contributed by atoms with E-state index >= 15 is 0 Å². The first-order chi connectivity index (χ1) is 15.7. The van der Waals surface area contributed by atoms with Gasteiger partial charge in [-0.15, -0.1) is 0 Å². The molecule has 0 saturated heterocycles. The van der Waals surface area contributed by atoms with Crippen molar-refractivity contribution in [3.05, 3.63) is 89.6 Å². The van der Waals surface area contributed by atoms with Crippen LogP contribution in [0.2, 0.25) is 0 Å². The molecule has 0 N–H and O–H groups in total. The molecule has 0 aliphatic heterocycles. The van der Waals surface area contributed by atoms with E-state index < -0.39 is 0 Å². The van der Waals surface area contributed by atoms with Crippen LogP contribution in [0.25, 0.3) is 16.6 Å². The highest BCUT2D eigenvalue weighted by molar-refractivity contribution is 5.99. The number of Topliss-reactive ketones (excluding diaryl/α,β-unsaturated/α-hetero) is 1. The summed E-state index contributed by atoms with van der Waals surface area (Å²) >= 11 is 0. The maximum Gasteiger partial charge on any atom is 0.213 e. The Hall–Kier alpha value is -4.00. The third-order valence-electron chi connectivity index (χ3n) is 5.63. The van der Waals surface area contributed by atoms with Crippen LogP contribution < -0.4 is 4.74 Å². The van der Waals surface area contributed by atoms with E-state index in [9.17, 15) is 4.79 Å². The summed E-state index contributed by atoms with van der Waals surface area (Å²) in [5, 5.41) is 5.89. The molecule has 4 aromatic heterocycles. The van der Waals surface area contributed by atoms with Crippen LogP contribution in [0.1, 0.15) is 34.4 Å². The maximum absolute atomic E-state index is 13.2. The molecule has 0 amide bonds. The fourth-order valence-electron chi connectivity index (χ4n) is 4.11. The number of rotatable bonds is 7. The number of ether oxygens (including phenoxy) is 1. The molecule has 0 aliphatic carbocycles. The minimum atomic E-state index is 0.0282. The molecule has 0 radical (unpaired) electrons. The molecule has 5 aromatic rings. The van der Waals surface area contributed by atoms with Crippen molar-refractivity contribution in [1.82, 2.24) is 24.1 Å². The minimum Gasteiger partial charge on any atom is -0.481 e. The average molecular weight is 425 g/mol. The summed E-state index contributed by atoms with van der Waals surface area (Å²) in [4.78, 5) is 22.1. The zero-order valence-corrected chi connectivity index (χ0v) is 18.0. The van der Waals surface area contributed by atoms with Crippen molar-refractivity contribution in [1.29, 1.82) is 0 Å². The molecule has 160 valence electrons. The third-order valence-corrected chi connectivity index (χ3v) is 5.63. The van der Waals surface area contributed by atoms with Gasteiger partial charge < -0.3 is 4.74 Å². The Bertz CT molecular complexity index is 1430. The van der Waals surface area contributed by atoms with Crippen molar-refractivity contribution < 1.29 is 9.53 Å². The van der Waals surface area contributed by atoms with Gasteiger partial charge in [-0.1, -0.05) is 31.2 Å². The molecule has 5 rings (SSSR count). The number of imidazole rings is 1. The molecule has 0 fully saturated rings. The summed E-state index contributed by atoms with van der Waals surface area (Å²) in [7, 11) is 1.61. The van der Waals surface area contributed by atoms with Crippen molar-refractivity contribution in [2.45, 2.75) is 26.3 Å². The van der Waals surface area contributed by atoms with E-state index in [1.165, 1.54) is 0 Å². The van der Waals surface area contributed by atoms with Gasteiger partial charge in [-0.05, 0) is 36.2 Å². The fraction of sp³-hybridized carbons (Fsp3) is 0.200. The largest absolute Gasteiger partial charge is 0.481 e. The summed E-state index contributed by atoms with van der Waals surface area (Å²) in [6.07, 6.45) is 4.58. The number of pyridine rings is 2. The molecule has 4 heterocycles. The molecule has 0 spiro atoms. The molecule has 7 heteroatoms. The van der Waals surface area contributed by atoms with Crippen LogP contribution in [0, 0.1) is 0 Å². The standard InChI is InChI=1S/C25H23N5O2/c1-3-19-25-17(14-22(31)21-15-26-23-11-4-5-13-29(21)23)8-6-10-20(25)30(28-19)16-18-9-7-12-24(27-18)32-2/h4-13,15H,3,14,16H2,1-2H3. The van der Waals surface area contributed by atoms with Crippen LogP contribution in [0.5, 0.6) is 5.88 Å². The van der Waals surface area contributed by atoms with E-state index in [2.05, 4.69) is 16.9 Å². The van der Waals surface area contributed by atoms with Crippen LogP contribution >= 0.6 is 0 Å². The zero-order chi connectivity index (χ0) is 22.1. The lowest BCUT2D eigenvalue weighted by Crippen LogP contribution is -2.07. The molecule has 0 atom stereocenters. The SMILES string of the molecule is CCc1nn(Cc2cccc(OC)n2)c2cccc(CC(=O)c3cnc4ccccn34)c12. The summed E-state index contributed by atoms with van der Waals surface area (Å²) in [5.74, 6) is 0.606. The van der Waals surface area contributed by atoms with Gasteiger partial charge in [0, 0.05) is 24.1 Å². The number of hydrogen-bond donors (Lipinski definition) is 0. The van der Waals surface area contributed by atoms with Crippen molar-refractivity contribution >= 4 is 22.3 Å². The summed E-state index contributed by atoms with van der Waals surface area (Å²) < 4.78 is 9.04. The van der Waals surface area contributed by atoms with Gasteiger partial charge in [-0.3, -0.25) is 13.9 Å². The second kappa shape index (κ2) is 8.26. The molecule has 0 saturated carbocycles. The van der Waals surface area contributed by atoms with E-state index in [0.29, 0.717) is 18.1 Å². The number of benzene rings is 1. The first-order valence-electron chi connectivity index (χ1n) is 10.6. The number of aromatic nitrogens is 5. The van der Waals surface area contributed by atoms with Gasteiger partial charge in [-0.25, -0.2) is 9.97 Å². The van der Waals surface area contributed by atoms with Crippen molar-refractivity contribution in [2.24, 2.45) is 0 Å². The van der Waals surface area contributed by atoms with Gasteiger partial charge in [0.25, 0.3) is 0 Å². The van der Waals surface area contributed by atoms with Gasteiger partial charge >= 0.3 is 0 Å². The monoisotopic (exact) mass is 425 g/mol. The molecule has 0 bridgehead atoms. The Labute approximate surface area is 185 Å². The number of methoxy groups -OCH3 is 1. The van der Waals surface area contributed by atoms with Crippen molar-refractivity contribution in [3.63, 3.8) is 0 Å². The number of carbonyl (C=O) groups excluding carboxylic acids is 1. The lowest BCUT2D eigenvalue weighted by Gasteiger charge is -2.07. The van der Waals surface area contributed by atoms with Gasteiger partial charge in [0.15, 0.2) is 5.78 Å². The predicted molar refractivity (Wildman–Crippen MR) is 122 cm³/mol. The zero-order valence-electron chi connectivity index (χ0n) is 18.0. The third kappa shape index (κ3) is 3.51. The molecular weight excluding hydrogens is 402 g/mol. The highest BCUT2D eigenvalue weighted by Gasteiger charge is 2.18. The highest BCUT2D eigenvalue weighted by Crippen LogP contribution is 2.26. The summed E-state index contributed by atoms with van der Waals surface area (Å²) in [6.45, 7) is 2.61. The first kappa shape index (κ1) is 19.9. The highest BCUT2D eigenvalue weighted by atomic mass is 16.5. The lowest BCUT2D eigenvalue weighted by molar-refractivity contribution is 0.0987. The molecule has 1 aromatic carbocycles.